The third-order valence-corrected chi connectivity index (χ3v) is 4.76. The minimum absolute atomic E-state index is 0.204. The zero-order valence-corrected chi connectivity index (χ0v) is 16.6. The van der Waals surface area contributed by atoms with Gasteiger partial charge in [-0.3, -0.25) is 4.79 Å². The number of methoxy groups -OCH3 is 2. The standard InChI is InChI=1S/C20H32N2O4/c1-15(2)12-21(3)14-20(24)10-7-11-22(19(20)23)13-16-8-6-9-17(25-4)18(16)26-5/h6,8-9,15,24H,7,10-14H2,1-5H3/t20-/m1/s1. The molecular weight excluding hydrogens is 332 g/mol. The van der Waals surface area contributed by atoms with Crippen molar-refractivity contribution in [3.63, 3.8) is 0 Å². The van der Waals surface area contributed by atoms with Crippen LogP contribution in [0.1, 0.15) is 32.3 Å². The molecule has 1 saturated heterocycles. The van der Waals surface area contributed by atoms with Gasteiger partial charge in [0.25, 0.3) is 5.91 Å². The van der Waals surface area contributed by atoms with Crippen LogP contribution in [-0.2, 0) is 11.3 Å². The van der Waals surface area contributed by atoms with Crippen molar-refractivity contribution >= 4 is 5.91 Å². The van der Waals surface area contributed by atoms with E-state index in [2.05, 4.69) is 13.8 Å². The minimum atomic E-state index is -1.33. The van der Waals surface area contributed by atoms with Crippen LogP contribution in [0.15, 0.2) is 18.2 Å². The number of benzene rings is 1. The van der Waals surface area contributed by atoms with E-state index in [0.717, 1.165) is 18.5 Å². The molecule has 0 radical (unpaired) electrons. The highest BCUT2D eigenvalue weighted by molar-refractivity contribution is 5.86. The zero-order valence-electron chi connectivity index (χ0n) is 16.6. The van der Waals surface area contributed by atoms with Gasteiger partial charge in [-0.25, -0.2) is 0 Å². The Morgan fingerprint density at radius 1 is 1.31 bits per heavy atom. The van der Waals surface area contributed by atoms with E-state index in [0.29, 0.717) is 43.5 Å². The fourth-order valence-corrected chi connectivity index (χ4v) is 3.78. The number of amides is 1. The van der Waals surface area contributed by atoms with Crippen molar-refractivity contribution in [1.29, 1.82) is 0 Å². The van der Waals surface area contributed by atoms with Gasteiger partial charge >= 0.3 is 0 Å². The molecule has 1 aromatic carbocycles. The first-order valence-electron chi connectivity index (χ1n) is 9.21. The quantitative estimate of drug-likeness (QED) is 0.766. The lowest BCUT2D eigenvalue weighted by Gasteiger charge is -2.40. The Bertz CT molecular complexity index is 620. The van der Waals surface area contributed by atoms with Crippen LogP contribution in [0.5, 0.6) is 11.5 Å². The monoisotopic (exact) mass is 364 g/mol. The molecule has 1 heterocycles. The van der Waals surface area contributed by atoms with Gasteiger partial charge in [0.1, 0.15) is 0 Å². The molecule has 1 N–H and O–H groups in total. The normalized spacial score (nSPS) is 20.8. The largest absolute Gasteiger partial charge is 0.493 e. The van der Waals surface area contributed by atoms with Crippen LogP contribution in [0.3, 0.4) is 0 Å². The number of ether oxygens (including phenoxy) is 2. The molecule has 0 unspecified atom stereocenters. The van der Waals surface area contributed by atoms with E-state index in [1.807, 2.05) is 30.1 Å². The van der Waals surface area contributed by atoms with E-state index in [-0.39, 0.29) is 5.91 Å². The van der Waals surface area contributed by atoms with Gasteiger partial charge in [0, 0.05) is 31.7 Å². The molecule has 146 valence electrons. The lowest BCUT2D eigenvalue weighted by atomic mass is 9.90. The number of carbonyl (C=O) groups is 1. The average Bonchev–Trinajstić information content (AvgIpc) is 2.57. The maximum Gasteiger partial charge on any atom is 0.256 e. The summed E-state index contributed by atoms with van der Waals surface area (Å²) in [5.41, 5.74) is -0.450. The summed E-state index contributed by atoms with van der Waals surface area (Å²) in [7, 11) is 5.14. The Morgan fingerprint density at radius 2 is 2.04 bits per heavy atom. The summed E-state index contributed by atoms with van der Waals surface area (Å²) < 4.78 is 10.8. The van der Waals surface area contributed by atoms with Crippen molar-refractivity contribution in [1.82, 2.24) is 9.80 Å². The van der Waals surface area contributed by atoms with Crippen LogP contribution >= 0.6 is 0 Å². The van der Waals surface area contributed by atoms with Crippen molar-refractivity contribution in [2.24, 2.45) is 5.92 Å². The summed E-state index contributed by atoms with van der Waals surface area (Å²) in [5, 5.41) is 11.0. The molecule has 0 aromatic heterocycles. The summed E-state index contributed by atoms with van der Waals surface area (Å²) in [6, 6.07) is 5.64. The number of likely N-dealkylation sites (N-methyl/N-ethyl adjacent to an activating group) is 1. The summed E-state index contributed by atoms with van der Waals surface area (Å²) >= 11 is 0. The zero-order chi connectivity index (χ0) is 19.3. The van der Waals surface area contributed by atoms with Crippen LogP contribution in [-0.4, -0.2) is 67.3 Å². The molecule has 6 heteroatoms. The molecule has 6 nitrogen and oxygen atoms in total. The molecule has 0 bridgehead atoms. The van der Waals surface area contributed by atoms with Gasteiger partial charge in [-0.1, -0.05) is 26.0 Å². The van der Waals surface area contributed by atoms with Crippen molar-refractivity contribution in [3.05, 3.63) is 23.8 Å². The van der Waals surface area contributed by atoms with Gasteiger partial charge < -0.3 is 24.4 Å². The Balaban J connectivity index is 2.15. The molecule has 26 heavy (non-hydrogen) atoms. The highest BCUT2D eigenvalue weighted by Crippen LogP contribution is 2.33. The fraction of sp³-hybridized carbons (Fsp3) is 0.650. The number of nitrogens with zero attached hydrogens (tertiary/aromatic N) is 2. The Labute approximate surface area is 156 Å². The number of para-hydroxylation sites is 1. The molecule has 0 saturated carbocycles. The SMILES string of the molecule is COc1cccc(CN2CCC[C@@](O)(CN(C)CC(C)C)C2=O)c1OC. The lowest BCUT2D eigenvalue weighted by Crippen LogP contribution is -2.58. The van der Waals surface area contributed by atoms with Crippen molar-refractivity contribution < 1.29 is 19.4 Å². The van der Waals surface area contributed by atoms with E-state index >= 15 is 0 Å². The summed E-state index contributed by atoms with van der Waals surface area (Å²) in [6.45, 7) is 6.50. The number of carbonyl (C=O) groups excluding carboxylic acids is 1. The molecule has 1 fully saturated rings. The molecule has 1 atom stereocenters. The third-order valence-electron chi connectivity index (χ3n) is 4.76. The number of rotatable bonds is 8. The number of hydrogen-bond donors (Lipinski definition) is 1. The second-order valence-corrected chi connectivity index (χ2v) is 7.61. The third kappa shape index (κ3) is 4.68. The van der Waals surface area contributed by atoms with E-state index < -0.39 is 5.60 Å². The Morgan fingerprint density at radius 3 is 2.65 bits per heavy atom. The first-order valence-corrected chi connectivity index (χ1v) is 9.21. The number of aliphatic hydroxyl groups is 1. The molecule has 1 amide bonds. The van der Waals surface area contributed by atoms with Gasteiger partial charge in [0.05, 0.1) is 14.2 Å². The summed E-state index contributed by atoms with van der Waals surface area (Å²) in [4.78, 5) is 16.8. The molecule has 1 aliphatic heterocycles. The van der Waals surface area contributed by atoms with Crippen molar-refractivity contribution in [3.8, 4) is 11.5 Å². The number of piperidine rings is 1. The Hall–Kier alpha value is -1.79. The maximum atomic E-state index is 13.0. The van der Waals surface area contributed by atoms with Crippen LogP contribution < -0.4 is 9.47 Å². The number of hydrogen-bond acceptors (Lipinski definition) is 5. The van der Waals surface area contributed by atoms with Gasteiger partial charge in [0.15, 0.2) is 17.1 Å². The summed E-state index contributed by atoms with van der Waals surface area (Å²) in [5.74, 6) is 1.55. The predicted octanol–water partition coefficient (Wildman–Crippen LogP) is 2.15. The maximum absolute atomic E-state index is 13.0. The van der Waals surface area contributed by atoms with E-state index in [4.69, 9.17) is 9.47 Å². The van der Waals surface area contributed by atoms with Gasteiger partial charge in [-0.15, -0.1) is 0 Å². The fourth-order valence-electron chi connectivity index (χ4n) is 3.78. The molecule has 0 spiro atoms. The number of likely N-dealkylation sites (tertiary alicyclic amines) is 1. The second kappa shape index (κ2) is 8.73. The topological polar surface area (TPSA) is 62.2 Å². The van der Waals surface area contributed by atoms with Gasteiger partial charge in [-0.2, -0.15) is 0 Å². The smallest absolute Gasteiger partial charge is 0.256 e. The molecule has 1 aliphatic rings. The minimum Gasteiger partial charge on any atom is -0.493 e. The van der Waals surface area contributed by atoms with Crippen LogP contribution in [0, 0.1) is 5.92 Å². The van der Waals surface area contributed by atoms with Crippen molar-refractivity contribution in [2.75, 3.05) is 40.9 Å². The van der Waals surface area contributed by atoms with Gasteiger partial charge in [0.2, 0.25) is 0 Å². The lowest BCUT2D eigenvalue weighted by molar-refractivity contribution is -0.160. The molecule has 2 rings (SSSR count). The first kappa shape index (κ1) is 20.5. The average molecular weight is 364 g/mol. The van der Waals surface area contributed by atoms with E-state index in [9.17, 15) is 9.90 Å². The highest BCUT2D eigenvalue weighted by Gasteiger charge is 2.43. The summed E-state index contributed by atoms with van der Waals surface area (Å²) in [6.07, 6.45) is 1.28. The van der Waals surface area contributed by atoms with Crippen LogP contribution in [0.4, 0.5) is 0 Å². The van der Waals surface area contributed by atoms with Crippen molar-refractivity contribution in [2.45, 2.75) is 38.8 Å². The van der Waals surface area contributed by atoms with E-state index in [1.54, 1.807) is 19.1 Å². The molecule has 0 aliphatic carbocycles. The molecule has 1 aromatic rings. The first-order chi connectivity index (χ1) is 12.3. The van der Waals surface area contributed by atoms with Gasteiger partial charge in [-0.05, 0) is 31.9 Å². The van der Waals surface area contributed by atoms with Crippen LogP contribution in [0.2, 0.25) is 0 Å². The predicted molar refractivity (Wildman–Crippen MR) is 101 cm³/mol. The highest BCUT2D eigenvalue weighted by atomic mass is 16.5. The van der Waals surface area contributed by atoms with Crippen LogP contribution in [0.25, 0.3) is 0 Å². The Kier molecular flexibility index (Phi) is 6.89. The van der Waals surface area contributed by atoms with E-state index in [1.165, 1.54) is 0 Å². The second-order valence-electron chi connectivity index (χ2n) is 7.61. The molecular formula is C20H32N2O4.